The Labute approximate surface area is 88.7 Å². The zero-order chi connectivity index (χ0) is 10.7. The van der Waals surface area contributed by atoms with Gasteiger partial charge in [0.2, 0.25) is 5.95 Å². The van der Waals surface area contributed by atoms with E-state index in [2.05, 4.69) is 9.97 Å². The van der Waals surface area contributed by atoms with Gasteiger partial charge < -0.3 is 14.7 Å². The molecule has 5 heteroatoms. The number of hydrogen-bond acceptors (Lipinski definition) is 5. The summed E-state index contributed by atoms with van der Waals surface area (Å²) in [5.74, 6) is 0.711. The molecule has 1 unspecified atom stereocenters. The lowest BCUT2D eigenvalue weighted by atomic mass is 10.3. The molecule has 5 nitrogen and oxygen atoms in total. The minimum atomic E-state index is -0.122. The van der Waals surface area contributed by atoms with E-state index < -0.39 is 0 Å². The second-order valence-corrected chi connectivity index (χ2v) is 3.68. The molecule has 1 saturated heterocycles. The van der Waals surface area contributed by atoms with Crippen LogP contribution in [0.3, 0.4) is 0 Å². The average Bonchev–Trinajstić information content (AvgIpc) is 2.30. The highest BCUT2D eigenvalue weighted by molar-refractivity contribution is 5.30. The van der Waals surface area contributed by atoms with E-state index in [1.165, 1.54) is 0 Å². The first-order valence-corrected chi connectivity index (χ1v) is 5.05. The first-order valence-electron chi connectivity index (χ1n) is 5.05. The van der Waals surface area contributed by atoms with Gasteiger partial charge in [0.05, 0.1) is 19.3 Å². The Bertz CT molecular complexity index is 315. The summed E-state index contributed by atoms with van der Waals surface area (Å²) < 4.78 is 5.36. The molecule has 1 N–H and O–H groups in total. The molecule has 0 spiro atoms. The quantitative estimate of drug-likeness (QED) is 0.742. The summed E-state index contributed by atoms with van der Waals surface area (Å²) in [7, 11) is 0. The molecule has 2 heterocycles. The molecule has 0 amide bonds. The van der Waals surface area contributed by atoms with Gasteiger partial charge in [0.25, 0.3) is 0 Å². The lowest BCUT2D eigenvalue weighted by Gasteiger charge is -2.31. The van der Waals surface area contributed by atoms with Gasteiger partial charge in [-0.3, -0.25) is 0 Å². The maximum absolute atomic E-state index is 9.01. The highest BCUT2D eigenvalue weighted by Crippen LogP contribution is 2.12. The Hall–Kier alpha value is -1.20. The van der Waals surface area contributed by atoms with Crippen LogP contribution in [-0.4, -0.2) is 47.5 Å². The van der Waals surface area contributed by atoms with E-state index in [0.717, 1.165) is 12.1 Å². The predicted octanol–water partition coefficient (Wildman–Crippen LogP) is -0.0175. The highest BCUT2D eigenvalue weighted by atomic mass is 16.5. The van der Waals surface area contributed by atoms with Crippen molar-refractivity contribution in [1.82, 2.24) is 9.97 Å². The second-order valence-electron chi connectivity index (χ2n) is 3.68. The van der Waals surface area contributed by atoms with Gasteiger partial charge in [0, 0.05) is 25.5 Å². The van der Waals surface area contributed by atoms with Gasteiger partial charge in [-0.1, -0.05) is 0 Å². The van der Waals surface area contributed by atoms with E-state index >= 15 is 0 Å². The van der Waals surface area contributed by atoms with Crippen molar-refractivity contribution in [2.45, 2.75) is 13.0 Å². The smallest absolute Gasteiger partial charge is 0.225 e. The van der Waals surface area contributed by atoms with E-state index in [1.54, 1.807) is 12.4 Å². The zero-order valence-corrected chi connectivity index (χ0v) is 8.76. The van der Waals surface area contributed by atoms with Crippen LogP contribution >= 0.6 is 0 Å². The fraction of sp³-hybridized carbons (Fsp3) is 0.600. The molecule has 1 aromatic rings. The number of aromatic nitrogens is 2. The summed E-state index contributed by atoms with van der Waals surface area (Å²) in [5, 5.41) is 9.01. The van der Waals surface area contributed by atoms with Crippen LogP contribution in [-0.2, 0) is 4.74 Å². The van der Waals surface area contributed by atoms with Gasteiger partial charge in [-0.15, -0.1) is 0 Å². The van der Waals surface area contributed by atoms with Crippen LogP contribution in [0.1, 0.15) is 5.56 Å². The number of hydrogen-bond donors (Lipinski definition) is 1. The van der Waals surface area contributed by atoms with Crippen molar-refractivity contribution in [2.24, 2.45) is 0 Å². The summed E-state index contributed by atoms with van der Waals surface area (Å²) >= 11 is 0. The van der Waals surface area contributed by atoms with Crippen LogP contribution in [0, 0.1) is 6.92 Å². The van der Waals surface area contributed by atoms with Crippen LogP contribution in [0.2, 0.25) is 0 Å². The van der Waals surface area contributed by atoms with E-state index in [-0.39, 0.29) is 12.7 Å². The maximum atomic E-state index is 9.01. The monoisotopic (exact) mass is 209 g/mol. The van der Waals surface area contributed by atoms with Gasteiger partial charge in [0.1, 0.15) is 0 Å². The molecule has 0 saturated carbocycles. The minimum absolute atomic E-state index is 0.0440. The Morgan fingerprint density at radius 1 is 1.53 bits per heavy atom. The summed E-state index contributed by atoms with van der Waals surface area (Å²) in [6.07, 6.45) is 3.47. The average molecular weight is 209 g/mol. The Balaban J connectivity index is 2.06. The van der Waals surface area contributed by atoms with E-state index in [9.17, 15) is 0 Å². The van der Waals surface area contributed by atoms with Gasteiger partial charge >= 0.3 is 0 Å². The molecule has 0 aliphatic carbocycles. The Kier molecular flexibility index (Phi) is 3.13. The van der Waals surface area contributed by atoms with Crippen LogP contribution < -0.4 is 4.90 Å². The number of morpholine rings is 1. The molecule has 0 radical (unpaired) electrons. The van der Waals surface area contributed by atoms with Crippen molar-refractivity contribution in [2.75, 3.05) is 31.2 Å². The molecule has 15 heavy (non-hydrogen) atoms. The minimum Gasteiger partial charge on any atom is -0.394 e. The Morgan fingerprint density at radius 2 is 2.27 bits per heavy atom. The van der Waals surface area contributed by atoms with Gasteiger partial charge in [-0.25, -0.2) is 9.97 Å². The molecular formula is C10H15N3O2. The number of aliphatic hydroxyl groups is 1. The lowest BCUT2D eigenvalue weighted by Crippen LogP contribution is -2.44. The number of ether oxygens (including phenoxy) is 1. The Morgan fingerprint density at radius 3 is 2.93 bits per heavy atom. The van der Waals surface area contributed by atoms with Crippen molar-refractivity contribution in [3.05, 3.63) is 18.0 Å². The summed E-state index contributed by atoms with van der Waals surface area (Å²) in [4.78, 5) is 10.5. The molecule has 82 valence electrons. The molecule has 1 aliphatic heterocycles. The van der Waals surface area contributed by atoms with Crippen LogP contribution in [0.5, 0.6) is 0 Å². The molecule has 1 fully saturated rings. The number of rotatable bonds is 2. The third kappa shape index (κ3) is 2.43. The third-order valence-electron chi connectivity index (χ3n) is 2.39. The van der Waals surface area contributed by atoms with Gasteiger partial charge in [0.15, 0.2) is 0 Å². The van der Waals surface area contributed by atoms with Gasteiger partial charge in [-0.05, 0) is 12.5 Å². The van der Waals surface area contributed by atoms with Gasteiger partial charge in [-0.2, -0.15) is 0 Å². The fourth-order valence-corrected chi connectivity index (χ4v) is 1.56. The first kappa shape index (κ1) is 10.3. The standard InChI is InChI=1S/C10H15N3O2/c1-8-4-11-10(12-5-8)13-2-3-15-9(6-13)7-14/h4-5,9,14H,2-3,6-7H2,1H3. The third-order valence-corrected chi connectivity index (χ3v) is 2.39. The summed E-state index contributed by atoms with van der Waals surface area (Å²) in [5.41, 5.74) is 1.05. The van der Waals surface area contributed by atoms with Crippen molar-refractivity contribution < 1.29 is 9.84 Å². The summed E-state index contributed by atoms with van der Waals surface area (Å²) in [6.45, 7) is 4.05. The molecule has 1 atom stereocenters. The number of nitrogens with zero attached hydrogens (tertiary/aromatic N) is 3. The highest BCUT2D eigenvalue weighted by Gasteiger charge is 2.21. The SMILES string of the molecule is Cc1cnc(N2CCOC(CO)C2)nc1. The van der Waals surface area contributed by atoms with Crippen LogP contribution in [0.25, 0.3) is 0 Å². The predicted molar refractivity (Wildman–Crippen MR) is 55.8 cm³/mol. The van der Waals surface area contributed by atoms with Crippen molar-refractivity contribution >= 4 is 5.95 Å². The molecule has 1 aliphatic rings. The summed E-state index contributed by atoms with van der Waals surface area (Å²) in [6, 6.07) is 0. The number of aliphatic hydroxyl groups excluding tert-OH is 1. The van der Waals surface area contributed by atoms with E-state index in [0.29, 0.717) is 19.1 Å². The second kappa shape index (κ2) is 4.55. The largest absolute Gasteiger partial charge is 0.394 e. The lowest BCUT2D eigenvalue weighted by molar-refractivity contribution is 0.00314. The van der Waals surface area contributed by atoms with Crippen molar-refractivity contribution in [1.29, 1.82) is 0 Å². The van der Waals surface area contributed by atoms with E-state index in [4.69, 9.17) is 9.84 Å². The van der Waals surface area contributed by atoms with E-state index in [1.807, 2.05) is 11.8 Å². The molecule has 0 aromatic carbocycles. The van der Waals surface area contributed by atoms with Crippen molar-refractivity contribution in [3.8, 4) is 0 Å². The fourth-order valence-electron chi connectivity index (χ4n) is 1.56. The normalized spacial score (nSPS) is 21.7. The van der Waals surface area contributed by atoms with Crippen molar-refractivity contribution in [3.63, 3.8) is 0 Å². The van der Waals surface area contributed by atoms with Crippen LogP contribution in [0.15, 0.2) is 12.4 Å². The van der Waals surface area contributed by atoms with Crippen LogP contribution in [0.4, 0.5) is 5.95 Å². The zero-order valence-electron chi connectivity index (χ0n) is 8.76. The number of aryl methyl sites for hydroxylation is 1. The topological polar surface area (TPSA) is 58.5 Å². The number of anilines is 1. The molecule has 2 rings (SSSR count). The molecule has 0 bridgehead atoms. The molecular weight excluding hydrogens is 194 g/mol. The maximum Gasteiger partial charge on any atom is 0.225 e. The molecule has 1 aromatic heterocycles. The first-order chi connectivity index (χ1) is 7.29.